The highest BCUT2D eigenvalue weighted by Crippen LogP contribution is 2.26. The van der Waals surface area contributed by atoms with Crippen LogP contribution in [0.5, 0.6) is 0 Å². The van der Waals surface area contributed by atoms with E-state index in [0.29, 0.717) is 10.7 Å². The van der Waals surface area contributed by atoms with Gasteiger partial charge in [-0.25, -0.2) is 4.98 Å². The Hall–Kier alpha value is -1.72. The molecule has 0 fully saturated rings. The lowest BCUT2D eigenvalue weighted by atomic mass is 10.1. The number of aryl methyl sites for hydroxylation is 1. The second kappa shape index (κ2) is 5.34. The van der Waals surface area contributed by atoms with Crippen molar-refractivity contribution in [2.75, 3.05) is 5.32 Å². The molecular formula is C15H11BrN2OS. The average molecular weight is 347 g/mol. The molecular weight excluding hydrogens is 336 g/mol. The summed E-state index contributed by atoms with van der Waals surface area (Å²) in [5.74, 6) is -0.153. The number of thiazole rings is 1. The number of hydrogen-bond donors (Lipinski definition) is 1. The molecule has 3 nitrogen and oxygen atoms in total. The standard InChI is InChI=1S/C15H11BrN2OS/c1-9-6-7-11(16)10(8-9)14(19)18-15-17-12-4-2-3-5-13(12)20-15/h2-8H,1H3,(H,17,18,19). The Morgan fingerprint density at radius 2 is 2.05 bits per heavy atom. The summed E-state index contributed by atoms with van der Waals surface area (Å²) in [6.07, 6.45) is 0. The van der Waals surface area contributed by atoms with Crippen LogP contribution in [0.25, 0.3) is 10.2 Å². The predicted molar refractivity (Wildman–Crippen MR) is 86.5 cm³/mol. The van der Waals surface area contributed by atoms with E-state index >= 15 is 0 Å². The van der Waals surface area contributed by atoms with Gasteiger partial charge in [-0.3, -0.25) is 10.1 Å². The van der Waals surface area contributed by atoms with E-state index in [2.05, 4.69) is 26.2 Å². The number of nitrogens with zero attached hydrogens (tertiary/aromatic N) is 1. The van der Waals surface area contributed by atoms with Gasteiger partial charge < -0.3 is 0 Å². The lowest BCUT2D eigenvalue weighted by Gasteiger charge is -2.05. The summed E-state index contributed by atoms with van der Waals surface area (Å²) >= 11 is 4.87. The minimum absolute atomic E-state index is 0.153. The number of rotatable bonds is 2. The first-order valence-corrected chi connectivity index (χ1v) is 7.67. The van der Waals surface area contributed by atoms with Gasteiger partial charge in [-0.1, -0.05) is 35.1 Å². The summed E-state index contributed by atoms with van der Waals surface area (Å²) in [5.41, 5.74) is 2.56. The highest BCUT2D eigenvalue weighted by Gasteiger charge is 2.12. The molecule has 2 aromatic carbocycles. The van der Waals surface area contributed by atoms with Crippen LogP contribution in [0.2, 0.25) is 0 Å². The fourth-order valence-corrected chi connectivity index (χ4v) is 3.19. The zero-order valence-corrected chi connectivity index (χ0v) is 13.1. The molecule has 100 valence electrons. The summed E-state index contributed by atoms with van der Waals surface area (Å²) < 4.78 is 1.84. The maximum Gasteiger partial charge on any atom is 0.258 e. The van der Waals surface area contributed by atoms with Crippen LogP contribution in [0.15, 0.2) is 46.9 Å². The molecule has 1 heterocycles. The SMILES string of the molecule is Cc1ccc(Br)c(C(=O)Nc2nc3ccccc3s2)c1. The lowest BCUT2D eigenvalue weighted by molar-refractivity contribution is 0.102. The van der Waals surface area contributed by atoms with Gasteiger partial charge in [0, 0.05) is 4.47 Å². The number of para-hydroxylation sites is 1. The molecule has 1 amide bonds. The van der Waals surface area contributed by atoms with Crippen LogP contribution in [0.4, 0.5) is 5.13 Å². The number of carbonyl (C=O) groups is 1. The molecule has 0 aliphatic rings. The Kier molecular flexibility index (Phi) is 3.54. The maximum absolute atomic E-state index is 12.3. The minimum atomic E-state index is -0.153. The Bertz CT molecular complexity index is 764. The lowest BCUT2D eigenvalue weighted by Crippen LogP contribution is -2.12. The number of aromatic nitrogens is 1. The first-order valence-electron chi connectivity index (χ1n) is 6.06. The molecule has 3 rings (SSSR count). The molecule has 3 aromatic rings. The highest BCUT2D eigenvalue weighted by molar-refractivity contribution is 9.10. The molecule has 0 atom stereocenters. The summed E-state index contributed by atoms with van der Waals surface area (Å²) in [7, 11) is 0. The summed E-state index contributed by atoms with van der Waals surface area (Å²) in [4.78, 5) is 16.7. The fourth-order valence-electron chi connectivity index (χ4n) is 1.90. The Balaban J connectivity index is 1.90. The topological polar surface area (TPSA) is 42.0 Å². The smallest absolute Gasteiger partial charge is 0.258 e. The minimum Gasteiger partial charge on any atom is -0.298 e. The second-order valence-corrected chi connectivity index (χ2v) is 6.31. The molecule has 5 heteroatoms. The van der Waals surface area contributed by atoms with E-state index in [1.165, 1.54) is 11.3 Å². The number of carbonyl (C=O) groups excluding carboxylic acids is 1. The zero-order chi connectivity index (χ0) is 14.1. The number of nitrogens with one attached hydrogen (secondary N) is 1. The third-order valence-corrected chi connectivity index (χ3v) is 4.52. The fraction of sp³-hybridized carbons (Fsp3) is 0.0667. The molecule has 0 bridgehead atoms. The van der Waals surface area contributed by atoms with Gasteiger partial charge in [0.1, 0.15) is 0 Å². The first kappa shape index (κ1) is 13.3. The molecule has 0 aliphatic heterocycles. The zero-order valence-electron chi connectivity index (χ0n) is 10.7. The first-order chi connectivity index (χ1) is 9.63. The van der Waals surface area contributed by atoms with Gasteiger partial charge in [0.15, 0.2) is 5.13 Å². The van der Waals surface area contributed by atoms with Crippen LogP contribution in [0.3, 0.4) is 0 Å². The largest absolute Gasteiger partial charge is 0.298 e. The average Bonchev–Trinajstić information content (AvgIpc) is 2.83. The molecule has 0 spiro atoms. The molecule has 0 saturated carbocycles. The van der Waals surface area contributed by atoms with Crippen LogP contribution in [0.1, 0.15) is 15.9 Å². The molecule has 20 heavy (non-hydrogen) atoms. The maximum atomic E-state index is 12.3. The van der Waals surface area contributed by atoms with Crippen LogP contribution in [-0.2, 0) is 0 Å². The Morgan fingerprint density at radius 3 is 2.85 bits per heavy atom. The van der Waals surface area contributed by atoms with Gasteiger partial charge in [-0.2, -0.15) is 0 Å². The quantitative estimate of drug-likeness (QED) is 0.735. The van der Waals surface area contributed by atoms with Crippen LogP contribution in [-0.4, -0.2) is 10.9 Å². The number of benzene rings is 2. The van der Waals surface area contributed by atoms with E-state index in [0.717, 1.165) is 20.3 Å². The van der Waals surface area contributed by atoms with Crippen molar-refractivity contribution in [3.05, 3.63) is 58.1 Å². The van der Waals surface area contributed by atoms with Crippen molar-refractivity contribution in [2.24, 2.45) is 0 Å². The van der Waals surface area contributed by atoms with Crippen molar-refractivity contribution in [2.45, 2.75) is 6.92 Å². The predicted octanol–water partition coefficient (Wildman–Crippen LogP) is 4.62. The summed E-state index contributed by atoms with van der Waals surface area (Å²) in [6.45, 7) is 1.96. The van der Waals surface area contributed by atoms with Gasteiger partial charge in [0.25, 0.3) is 5.91 Å². The Morgan fingerprint density at radius 1 is 1.25 bits per heavy atom. The number of halogens is 1. The van der Waals surface area contributed by atoms with Gasteiger partial charge in [0.2, 0.25) is 0 Å². The van der Waals surface area contributed by atoms with Crippen molar-refractivity contribution >= 4 is 48.5 Å². The van der Waals surface area contributed by atoms with E-state index < -0.39 is 0 Å². The number of fused-ring (bicyclic) bond motifs is 1. The van der Waals surface area contributed by atoms with Gasteiger partial charge in [-0.15, -0.1) is 0 Å². The van der Waals surface area contributed by atoms with Crippen molar-refractivity contribution in [1.29, 1.82) is 0 Å². The van der Waals surface area contributed by atoms with Crippen molar-refractivity contribution in [3.8, 4) is 0 Å². The molecule has 0 radical (unpaired) electrons. The number of hydrogen-bond acceptors (Lipinski definition) is 3. The highest BCUT2D eigenvalue weighted by atomic mass is 79.9. The third-order valence-electron chi connectivity index (χ3n) is 2.88. The molecule has 0 aliphatic carbocycles. The van der Waals surface area contributed by atoms with Crippen molar-refractivity contribution in [1.82, 2.24) is 4.98 Å². The summed E-state index contributed by atoms with van der Waals surface area (Å²) in [5, 5.41) is 3.47. The second-order valence-electron chi connectivity index (χ2n) is 4.42. The molecule has 0 unspecified atom stereocenters. The molecule has 0 saturated heterocycles. The normalized spacial score (nSPS) is 10.7. The Labute approximate surface area is 128 Å². The van der Waals surface area contributed by atoms with E-state index in [1.807, 2.05) is 49.4 Å². The van der Waals surface area contributed by atoms with E-state index in [4.69, 9.17) is 0 Å². The number of anilines is 1. The van der Waals surface area contributed by atoms with E-state index in [1.54, 1.807) is 0 Å². The van der Waals surface area contributed by atoms with E-state index in [-0.39, 0.29) is 5.91 Å². The van der Waals surface area contributed by atoms with Crippen LogP contribution < -0.4 is 5.32 Å². The molecule has 1 aromatic heterocycles. The third kappa shape index (κ3) is 2.59. The van der Waals surface area contributed by atoms with Gasteiger partial charge in [0.05, 0.1) is 15.8 Å². The monoisotopic (exact) mass is 346 g/mol. The van der Waals surface area contributed by atoms with Crippen molar-refractivity contribution < 1.29 is 4.79 Å². The van der Waals surface area contributed by atoms with Crippen LogP contribution in [0, 0.1) is 6.92 Å². The van der Waals surface area contributed by atoms with Gasteiger partial charge in [-0.05, 0) is 47.1 Å². The molecule has 1 N–H and O–H groups in total. The van der Waals surface area contributed by atoms with Gasteiger partial charge >= 0.3 is 0 Å². The number of amides is 1. The van der Waals surface area contributed by atoms with E-state index in [9.17, 15) is 4.79 Å². The van der Waals surface area contributed by atoms with Crippen LogP contribution >= 0.6 is 27.3 Å². The van der Waals surface area contributed by atoms with Crippen molar-refractivity contribution in [3.63, 3.8) is 0 Å². The summed E-state index contributed by atoms with van der Waals surface area (Å²) in [6, 6.07) is 13.5.